The monoisotopic (exact) mass is 459 g/mol. The zero-order chi connectivity index (χ0) is 22.9. The number of hydrogen-bond donors (Lipinski definition) is 2. The van der Waals surface area contributed by atoms with Gasteiger partial charge in [0.1, 0.15) is 6.10 Å². The van der Waals surface area contributed by atoms with E-state index in [4.69, 9.17) is 4.74 Å². The summed E-state index contributed by atoms with van der Waals surface area (Å²) in [5.41, 5.74) is 1.04. The summed E-state index contributed by atoms with van der Waals surface area (Å²) in [5.74, 6) is -1.88. The van der Waals surface area contributed by atoms with E-state index in [-0.39, 0.29) is 41.6 Å². The molecular formula is C22H30NNaO6S. The number of amides is 1. The molecule has 0 radical (unpaired) electrons. The molecule has 4 atom stereocenters. The fourth-order valence-electron chi connectivity index (χ4n) is 2.85. The molecule has 1 rings (SSSR count). The minimum atomic E-state index is -4.51. The molecule has 0 bridgehead atoms. The predicted molar refractivity (Wildman–Crippen MR) is 124 cm³/mol. The van der Waals surface area contributed by atoms with Crippen molar-refractivity contribution >= 4 is 57.6 Å². The summed E-state index contributed by atoms with van der Waals surface area (Å²) in [6.07, 6.45) is 3.53. The molecule has 166 valence electrons. The SMILES string of the molecule is C=CC(=O)NC(C=Cc1ccccc1)C(C)C(CC(C)OC(=O)C(=C)C)S(=O)(=O)O.[NaH]. The van der Waals surface area contributed by atoms with Crippen LogP contribution >= 0.6 is 0 Å². The molecule has 0 fully saturated rings. The van der Waals surface area contributed by atoms with Gasteiger partial charge in [-0.25, -0.2) is 4.79 Å². The van der Waals surface area contributed by atoms with Gasteiger partial charge in [-0.2, -0.15) is 8.42 Å². The second-order valence-corrected chi connectivity index (χ2v) is 8.79. The van der Waals surface area contributed by atoms with E-state index >= 15 is 0 Å². The molecule has 0 aliphatic heterocycles. The van der Waals surface area contributed by atoms with E-state index in [1.54, 1.807) is 19.1 Å². The zero-order valence-electron chi connectivity index (χ0n) is 17.4. The molecule has 0 spiro atoms. The molecule has 1 amide bonds. The number of esters is 1. The van der Waals surface area contributed by atoms with Crippen LogP contribution < -0.4 is 5.32 Å². The number of ether oxygens (including phenoxy) is 1. The van der Waals surface area contributed by atoms with Gasteiger partial charge in [0, 0.05) is 12.0 Å². The van der Waals surface area contributed by atoms with Crippen LogP contribution in [0.15, 0.2) is 61.2 Å². The first-order chi connectivity index (χ1) is 14.0. The van der Waals surface area contributed by atoms with E-state index in [9.17, 15) is 22.6 Å². The first kappa shape index (κ1) is 29.3. The maximum atomic E-state index is 12.1. The van der Waals surface area contributed by atoms with Gasteiger partial charge in [0.2, 0.25) is 5.91 Å². The fraction of sp³-hybridized carbons (Fsp3) is 0.364. The van der Waals surface area contributed by atoms with Crippen molar-refractivity contribution in [3.63, 3.8) is 0 Å². The van der Waals surface area contributed by atoms with Gasteiger partial charge < -0.3 is 10.1 Å². The van der Waals surface area contributed by atoms with Crippen molar-refractivity contribution in [2.24, 2.45) is 5.92 Å². The van der Waals surface area contributed by atoms with Gasteiger partial charge >= 0.3 is 35.5 Å². The Morgan fingerprint density at radius 3 is 2.29 bits per heavy atom. The number of benzene rings is 1. The van der Waals surface area contributed by atoms with Crippen molar-refractivity contribution < 1.29 is 27.3 Å². The molecule has 7 nitrogen and oxygen atoms in total. The third-order valence-electron chi connectivity index (χ3n) is 4.55. The summed E-state index contributed by atoms with van der Waals surface area (Å²) in [6.45, 7) is 11.5. The van der Waals surface area contributed by atoms with E-state index in [0.717, 1.165) is 11.6 Å². The third kappa shape index (κ3) is 10.4. The first-order valence-electron chi connectivity index (χ1n) is 9.44. The molecule has 1 aromatic rings. The number of rotatable bonds is 11. The number of carbonyl (C=O) groups is 2. The molecule has 0 saturated carbocycles. The maximum absolute atomic E-state index is 12.1. The Labute approximate surface area is 206 Å². The molecule has 0 saturated heterocycles. The van der Waals surface area contributed by atoms with Gasteiger partial charge in [-0.3, -0.25) is 9.35 Å². The Kier molecular flexibility index (Phi) is 12.9. The molecule has 0 aromatic heterocycles. The average Bonchev–Trinajstić information content (AvgIpc) is 2.68. The Morgan fingerprint density at radius 2 is 1.81 bits per heavy atom. The molecule has 31 heavy (non-hydrogen) atoms. The van der Waals surface area contributed by atoms with E-state index in [1.807, 2.05) is 30.3 Å². The van der Waals surface area contributed by atoms with E-state index in [0.29, 0.717) is 0 Å². The number of carbonyl (C=O) groups excluding carboxylic acids is 2. The van der Waals surface area contributed by atoms with Crippen molar-refractivity contribution in [3.05, 3.63) is 66.8 Å². The Morgan fingerprint density at radius 1 is 1.23 bits per heavy atom. The van der Waals surface area contributed by atoms with Crippen molar-refractivity contribution in [3.8, 4) is 0 Å². The summed E-state index contributed by atoms with van der Waals surface area (Å²) in [7, 11) is -4.51. The van der Waals surface area contributed by atoms with Crippen LogP contribution in [0.5, 0.6) is 0 Å². The summed E-state index contributed by atoms with van der Waals surface area (Å²) < 4.78 is 39.2. The second-order valence-electron chi connectivity index (χ2n) is 7.15. The van der Waals surface area contributed by atoms with Gasteiger partial charge in [-0.15, -0.1) is 0 Å². The standard InChI is InChI=1S/C22H29NO6S.Na.H/c1-6-21(24)23-19(13-12-18-10-8-7-9-11-18)17(5)20(30(26,27)28)14-16(4)29-22(25)15(2)3;;/h6-13,16-17,19-20H,1-2,14H2,3-5H3,(H,23,24)(H,26,27,28);;. The Bertz CT molecular complexity index is 898. The van der Waals surface area contributed by atoms with Crippen molar-refractivity contribution in [1.82, 2.24) is 5.32 Å². The van der Waals surface area contributed by atoms with Gasteiger partial charge in [-0.1, -0.05) is 62.6 Å². The van der Waals surface area contributed by atoms with Gasteiger partial charge in [0.15, 0.2) is 0 Å². The zero-order valence-corrected chi connectivity index (χ0v) is 18.3. The normalized spacial score (nSPS) is 15.1. The van der Waals surface area contributed by atoms with Crippen molar-refractivity contribution in [2.45, 2.75) is 44.6 Å². The van der Waals surface area contributed by atoms with Crippen LogP contribution in [-0.2, 0) is 24.4 Å². The topological polar surface area (TPSA) is 110 Å². The van der Waals surface area contributed by atoms with Crippen LogP contribution in [0.25, 0.3) is 6.08 Å². The molecule has 9 heteroatoms. The number of nitrogens with one attached hydrogen (secondary N) is 1. The van der Waals surface area contributed by atoms with Gasteiger partial charge in [-0.05, 0) is 31.4 Å². The molecular weight excluding hydrogens is 429 g/mol. The van der Waals surface area contributed by atoms with Crippen molar-refractivity contribution in [1.29, 1.82) is 0 Å². The Balaban J connectivity index is 0.00000900. The molecule has 0 aliphatic carbocycles. The van der Waals surface area contributed by atoms with E-state index < -0.39 is 45.3 Å². The van der Waals surface area contributed by atoms with Crippen LogP contribution in [0.2, 0.25) is 0 Å². The molecule has 2 N–H and O–H groups in total. The predicted octanol–water partition coefficient (Wildman–Crippen LogP) is 2.51. The second kappa shape index (κ2) is 13.6. The Hall–Kier alpha value is -1.71. The quantitative estimate of drug-likeness (QED) is 0.228. The minimum absolute atomic E-state index is 0. The summed E-state index contributed by atoms with van der Waals surface area (Å²) in [4.78, 5) is 23.6. The molecule has 0 heterocycles. The number of hydrogen-bond acceptors (Lipinski definition) is 5. The molecule has 4 unspecified atom stereocenters. The fourth-order valence-corrected chi connectivity index (χ4v) is 4.08. The molecule has 0 aliphatic rings. The van der Waals surface area contributed by atoms with Crippen LogP contribution in [0.1, 0.15) is 32.8 Å². The summed E-state index contributed by atoms with van der Waals surface area (Å²) in [5, 5.41) is 1.39. The molecule has 1 aromatic carbocycles. The van der Waals surface area contributed by atoms with E-state index in [2.05, 4.69) is 18.5 Å². The van der Waals surface area contributed by atoms with Crippen LogP contribution in [0.3, 0.4) is 0 Å². The van der Waals surface area contributed by atoms with Gasteiger partial charge in [0.25, 0.3) is 10.1 Å². The van der Waals surface area contributed by atoms with E-state index in [1.165, 1.54) is 13.8 Å². The van der Waals surface area contributed by atoms with Crippen LogP contribution in [0.4, 0.5) is 0 Å². The summed E-state index contributed by atoms with van der Waals surface area (Å²) >= 11 is 0. The average molecular weight is 460 g/mol. The third-order valence-corrected chi connectivity index (χ3v) is 5.93. The first-order valence-corrected chi connectivity index (χ1v) is 10.9. The van der Waals surface area contributed by atoms with Crippen LogP contribution in [0, 0.1) is 5.92 Å². The van der Waals surface area contributed by atoms with Crippen LogP contribution in [-0.4, -0.2) is 71.8 Å². The summed E-state index contributed by atoms with van der Waals surface area (Å²) in [6, 6.07) is 8.53. The van der Waals surface area contributed by atoms with Gasteiger partial charge in [0.05, 0.1) is 11.3 Å². The van der Waals surface area contributed by atoms with Crippen molar-refractivity contribution in [2.75, 3.05) is 0 Å².